The lowest BCUT2D eigenvalue weighted by molar-refractivity contribution is -0.118. The average molecular weight is 439 g/mol. The van der Waals surface area contributed by atoms with Gasteiger partial charge in [-0.15, -0.1) is 0 Å². The molecule has 0 bridgehead atoms. The normalized spacial score (nSPS) is 19.0. The number of carbonyl (C=O) groups excluding carboxylic acids is 1. The number of anilines is 2. The minimum Gasteiger partial charge on any atom is -0.457 e. The summed E-state index contributed by atoms with van der Waals surface area (Å²) in [7, 11) is 0. The van der Waals surface area contributed by atoms with Crippen LogP contribution < -0.4 is 15.4 Å². The third kappa shape index (κ3) is 4.13. The lowest BCUT2D eigenvalue weighted by Gasteiger charge is -2.34. The number of aryl methyl sites for hydroxylation is 2. The zero-order chi connectivity index (χ0) is 23.2. The summed E-state index contributed by atoms with van der Waals surface area (Å²) in [6.45, 7) is 8.47. The van der Waals surface area contributed by atoms with Crippen LogP contribution >= 0.6 is 0 Å². The maximum absolute atomic E-state index is 13.4. The van der Waals surface area contributed by atoms with Gasteiger partial charge >= 0.3 is 0 Å². The van der Waals surface area contributed by atoms with Gasteiger partial charge < -0.3 is 15.4 Å². The van der Waals surface area contributed by atoms with Crippen molar-refractivity contribution >= 4 is 17.2 Å². The zero-order valence-corrected chi connectivity index (χ0v) is 19.7. The Balaban J connectivity index is 1.59. The predicted molar refractivity (Wildman–Crippen MR) is 134 cm³/mol. The third-order valence-electron chi connectivity index (χ3n) is 6.61. The maximum Gasteiger partial charge on any atom is 0.163 e. The first-order valence-corrected chi connectivity index (χ1v) is 11.5. The van der Waals surface area contributed by atoms with Crippen LogP contribution in [-0.2, 0) is 4.79 Å². The van der Waals surface area contributed by atoms with Crippen molar-refractivity contribution in [3.63, 3.8) is 0 Å². The number of Topliss-reactive ketones (excluding diaryl/α,β-unsaturated/α-hetero) is 1. The van der Waals surface area contributed by atoms with E-state index >= 15 is 0 Å². The van der Waals surface area contributed by atoms with E-state index < -0.39 is 0 Å². The fourth-order valence-electron chi connectivity index (χ4n) is 4.93. The molecule has 5 rings (SSSR count). The highest BCUT2D eigenvalue weighted by Gasteiger charge is 2.39. The standard InChI is InChI=1S/C29H30N2O2/c1-18-9-5-7-11-21(18)28-27-24(16-29(3,4)17-25(27)32)30-22-14-13-20(15-23(22)31-28)33-26-12-8-6-10-19(26)2/h5-15,28,30-31H,16-17H2,1-4H3. The van der Waals surface area contributed by atoms with Crippen molar-refractivity contribution in [1.29, 1.82) is 0 Å². The summed E-state index contributed by atoms with van der Waals surface area (Å²) in [4.78, 5) is 13.4. The Hall–Kier alpha value is -3.53. The zero-order valence-electron chi connectivity index (χ0n) is 19.7. The molecule has 3 aromatic carbocycles. The number of fused-ring (bicyclic) bond motifs is 1. The lowest BCUT2D eigenvalue weighted by Crippen LogP contribution is -2.31. The van der Waals surface area contributed by atoms with Crippen LogP contribution in [-0.4, -0.2) is 5.78 Å². The number of nitrogens with one attached hydrogen (secondary N) is 2. The van der Waals surface area contributed by atoms with Gasteiger partial charge in [-0.05, 0) is 60.6 Å². The summed E-state index contributed by atoms with van der Waals surface area (Å²) in [5.74, 6) is 1.80. The van der Waals surface area contributed by atoms with Gasteiger partial charge in [0.15, 0.2) is 5.78 Å². The number of ketones is 1. The highest BCUT2D eigenvalue weighted by molar-refractivity contribution is 6.01. The molecule has 2 N–H and O–H groups in total. The van der Waals surface area contributed by atoms with Crippen molar-refractivity contribution in [2.24, 2.45) is 5.41 Å². The van der Waals surface area contributed by atoms with Gasteiger partial charge in [-0.1, -0.05) is 56.3 Å². The first-order chi connectivity index (χ1) is 15.8. The van der Waals surface area contributed by atoms with Crippen molar-refractivity contribution in [1.82, 2.24) is 0 Å². The topological polar surface area (TPSA) is 50.4 Å². The van der Waals surface area contributed by atoms with Crippen LogP contribution in [0.25, 0.3) is 0 Å². The van der Waals surface area contributed by atoms with Gasteiger partial charge in [-0.25, -0.2) is 0 Å². The van der Waals surface area contributed by atoms with E-state index in [2.05, 4.69) is 43.5 Å². The molecule has 0 spiro atoms. The maximum atomic E-state index is 13.4. The molecule has 0 aromatic heterocycles. The van der Waals surface area contributed by atoms with E-state index in [0.717, 1.165) is 57.3 Å². The lowest BCUT2D eigenvalue weighted by atomic mass is 9.73. The van der Waals surface area contributed by atoms with Gasteiger partial charge in [0.05, 0.1) is 17.4 Å². The summed E-state index contributed by atoms with van der Waals surface area (Å²) in [5.41, 5.74) is 7.05. The van der Waals surface area contributed by atoms with Crippen LogP contribution in [0.4, 0.5) is 11.4 Å². The molecule has 1 aliphatic carbocycles. The van der Waals surface area contributed by atoms with Gasteiger partial charge in [0, 0.05) is 23.8 Å². The third-order valence-corrected chi connectivity index (χ3v) is 6.61. The Kier molecular flexibility index (Phi) is 5.24. The molecule has 0 saturated carbocycles. The molecule has 168 valence electrons. The molecule has 4 nitrogen and oxygen atoms in total. The fraction of sp³-hybridized carbons (Fsp3) is 0.276. The van der Waals surface area contributed by atoms with Gasteiger partial charge in [0.2, 0.25) is 0 Å². The van der Waals surface area contributed by atoms with Crippen molar-refractivity contribution in [2.75, 3.05) is 10.6 Å². The SMILES string of the molecule is Cc1ccccc1Oc1ccc2c(c1)NC(c1ccccc1C)C1=C(CC(C)(C)CC1=O)N2. The molecule has 3 aromatic rings. The molecule has 0 saturated heterocycles. The Morgan fingerprint density at radius 2 is 1.61 bits per heavy atom. The van der Waals surface area contributed by atoms with Crippen LogP contribution in [0, 0.1) is 19.3 Å². The van der Waals surface area contributed by atoms with E-state index in [1.807, 2.05) is 61.5 Å². The molecule has 1 aliphatic heterocycles. The number of hydrogen-bond acceptors (Lipinski definition) is 4. The molecule has 2 aliphatic rings. The molecule has 0 radical (unpaired) electrons. The molecule has 33 heavy (non-hydrogen) atoms. The predicted octanol–water partition coefficient (Wildman–Crippen LogP) is 7.32. The monoisotopic (exact) mass is 438 g/mol. The van der Waals surface area contributed by atoms with Crippen LogP contribution in [0.1, 0.15) is 49.4 Å². The van der Waals surface area contributed by atoms with E-state index in [4.69, 9.17) is 4.74 Å². The van der Waals surface area contributed by atoms with Crippen molar-refractivity contribution in [3.05, 3.63) is 94.7 Å². The van der Waals surface area contributed by atoms with Crippen molar-refractivity contribution < 1.29 is 9.53 Å². The summed E-state index contributed by atoms with van der Waals surface area (Å²) in [5, 5.41) is 7.30. The van der Waals surface area contributed by atoms with E-state index in [1.54, 1.807) is 0 Å². The Labute approximate surface area is 195 Å². The Morgan fingerprint density at radius 3 is 2.36 bits per heavy atom. The largest absolute Gasteiger partial charge is 0.457 e. The second-order valence-corrected chi connectivity index (χ2v) is 9.97. The second kappa shape index (κ2) is 8.11. The van der Waals surface area contributed by atoms with Crippen LogP contribution in [0.15, 0.2) is 78.0 Å². The van der Waals surface area contributed by atoms with E-state index in [-0.39, 0.29) is 17.2 Å². The average Bonchev–Trinajstić information content (AvgIpc) is 2.91. The van der Waals surface area contributed by atoms with Crippen LogP contribution in [0.2, 0.25) is 0 Å². The van der Waals surface area contributed by atoms with Gasteiger partial charge in [-0.3, -0.25) is 4.79 Å². The van der Waals surface area contributed by atoms with Crippen molar-refractivity contribution in [3.8, 4) is 11.5 Å². The summed E-state index contributed by atoms with van der Waals surface area (Å²) in [6, 6.07) is 22.1. The number of carbonyl (C=O) groups is 1. The molecular weight excluding hydrogens is 408 g/mol. The molecule has 0 fully saturated rings. The van der Waals surface area contributed by atoms with Gasteiger partial charge in [0.1, 0.15) is 11.5 Å². The molecule has 1 heterocycles. The van der Waals surface area contributed by atoms with Crippen LogP contribution in [0.5, 0.6) is 11.5 Å². The number of allylic oxidation sites excluding steroid dienone is 1. The summed E-state index contributed by atoms with van der Waals surface area (Å²) in [6.07, 6.45) is 1.38. The highest BCUT2D eigenvalue weighted by Crippen LogP contribution is 2.46. The van der Waals surface area contributed by atoms with Crippen LogP contribution in [0.3, 0.4) is 0 Å². The van der Waals surface area contributed by atoms with E-state index in [1.165, 1.54) is 0 Å². The van der Waals surface area contributed by atoms with E-state index in [0.29, 0.717) is 6.42 Å². The molecule has 1 atom stereocenters. The van der Waals surface area contributed by atoms with Gasteiger partial charge in [-0.2, -0.15) is 0 Å². The second-order valence-electron chi connectivity index (χ2n) is 9.97. The fourth-order valence-corrected chi connectivity index (χ4v) is 4.93. The van der Waals surface area contributed by atoms with E-state index in [9.17, 15) is 4.79 Å². The summed E-state index contributed by atoms with van der Waals surface area (Å²) >= 11 is 0. The first kappa shape index (κ1) is 21.3. The Morgan fingerprint density at radius 1 is 0.879 bits per heavy atom. The first-order valence-electron chi connectivity index (χ1n) is 11.5. The number of hydrogen-bond donors (Lipinski definition) is 2. The molecule has 4 heteroatoms. The minimum atomic E-state index is -0.215. The number of benzene rings is 3. The quantitative estimate of drug-likeness (QED) is 0.450. The number of ether oxygens (including phenoxy) is 1. The minimum absolute atomic E-state index is 0.0718. The molecule has 0 amide bonds. The molecular formula is C29H30N2O2. The summed E-state index contributed by atoms with van der Waals surface area (Å²) < 4.78 is 6.21. The Bertz CT molecular complexity index is 1270. The number of rotatable bonds is 3. The number of para-hydroxylation sites is 1. The van der Waals surface area contributed by atoms with Crippen molar-refractivity contribution in [2.45, 2.75) is 46.6 Å². The van der Waals surface area contributed by atoms with Gasteiger partial charge in [0.25, 0.3) is 0 Å². The molecule has 1 unspecified atom stereocenters. The smallest absolute Gasteiger partial charge is 0.163 e. The highest BCUT2D eigenvalue weighted by atomic mass is 16.5.